The van der Waals surface area contributed by atoms with E-state index in [1.165, 1.54) is 5.39 Å². The van der Waals surface area contributed by atoms with E-state index in [0.29, 0.717) is 11.7 Å². The molecule has 0 fully saturated rings. The fraction of sp³-hybridized carbons (Fsp3) is 0. The lowest BCUT2D eigenvalue weighted by Crippen LogP contribution is -1.96. The molecule has 0 spiro atoms. The maximum atomic E-state index is 6.19. The average molecular weight is 349 g/mol. The van der Waals surface area contributed by atoms with Crippen molar-refractivity contribution >= 4 is 21.7 Å². The molecule has 5 rings (SSSR count). The van der Waals surface area contributed by atoms with Crippen LogP contribution in [-0.2, 0) is 0 Å². The second-order valence-electron chi connectivity index (χ2n) is 6.22. The van der Waals surface area contributed by atoms with Gasteiger partial charge in [-0.15, -0.1) is 0 Å². The molecule has 4 nitrogen and oxygen atoms in total. The molecule has 0 bridgehead atoms. The van der Waals surface area contributed by atoms with Crippen molar-refractivity contribution in [3.8, 4) is 23.0 Å². The van der Waals surface area contributed by atoms with Gasteiger partial charge in [0.2, 0.25) is 5.88 Å². The molecule has 0 aliphatic carbocycles. The van der Waals surface area contributed by atoms with Crippen LogP contribution >= 0.6 is 0 Å². The van der Waals surface area contributed by atoms with Crippen molar-refractivity contribution in [3.05, 3.63) is 91.3 Å². The topological polar surface area (TPSA) is 47.9 Å². The van der Waals surface area contributed by atoms with E-state index in [4.69, 9.17) is 4.74 Å². The largest absolute Gasteiger partial charge is 0.438 e. The molecule has 0 amide bonds. The highest BCUT2D eigenvalue weighted by Gasteiger charge is 2.11. The predicted octanol–water partition coefficient (Wildman–Crippen LogP) is 5.64. The molecule has 5 aromatic rings. The van der Waals surface area contributed by atoms with Crippen molar-refractivity contribution in [2.75, 3.05) is 0 Å². The van der Waals surface area contributed by atoms with Crippen molar-refractivity contribution < 1.29 is 4.74 Å². The number of fused-ring (bicyclic) bond motifs is 2. The summed E-state index contributed by atoms with van der Waals surface area (Å²) in [5.74, 6) is 1.88. The molecule has 0 N–H and O–H groups in total. The van der Waals surface area contributed by atoms with Gasteiger partial charge < -0.3 is 4.74 Å². The first-order chi connectivity index (χ1) is 13.4. The molecule has 0 aliphatic heterocycles. The third-order valence-corrected chi connectivity index (χ3v) is 4.42. The minimum absolute atomic E-state index is 0.537. The highest BCUT2D eigenvalue weighted by Crippen LogP contribution is 2.31. The molecule has 2 aromatic heterocycles. The monoisotopic (exact) mass is 349 g/mol. The number of hydrogen-bond donors (Lipinski definition) is 0. The van der Waals surface area contributed by atoms with Crippen LogP contribution in [0.2, 0.25) is 0 Å². The van der Waals surface area contributed by atoms with Gasteiger partial charge in [0, 0.05) is 18.0 Å². The zero-order valence-corrected chi connectivity index (χ0v) is 14.4. The van der Waals surface area contributed by atoms with Crippen molar-refractivity contribution in [2.24, 2.45) is 0 Å². The smallest absolute Gasteiger partial charge is 0.230 e. The maximum absolute atomic E-state index is 6.19. The number of aromatic nitrogens is 3. The average Bonchev–Trinajstić information content (AvgIpc) is 2.74. The van der Waals surface area contributed by atoms with E-state index < -0.39 is 0 Å². The molecule has 27 heavy (non-hydrogen) atoms. The Morgan fingerprint density at radius 1 is 0.704 bits per heavy atom. The van der Waals surface area contributed by atoms with Gasteiger partial charge in [0.25, 0.3) is 0 Å². The van der Waals surface area contributed by atoms with Gasteiger partial charge in [-0.25, -0.2) is 4.98 Å². The first-order valence-corrected chi connectivity index (χ1v) is 8.71. The van der Waals surface area contributed by atoms with Gasteiger partial charge in [0.15, 0.2) is 5.82 Å². The lowest BCUT2D eigenvalue weighted by molar-refractivity contribution is 0.469. The summed E-state index contributed by atoms with van der Waals surface area (Å²) in [4.78, 5) is 13.5. The normalized spacial score (nSPS) is 11.0. The number of pyridine rings is 1. The van der Waals surface area contributed by atoms with Crippen LogP contribution in [0, 0.1) is 0 Å². The van der Waals surface area contributed by atoms with Crippen LogP contribution in [0.5, 0.6) is 11.6 Å². The second-order valence-corrected chi connectivity index (χ2v) is 6.22. The van der Waals surface area contributed by atoms with Crippen molar-refractivity contribution in [1.82, 2.24) is 15.0 Å². The molecule has 0 radical (unpaired) electrons. The Bertz CT molecular complexity index is 1250. The first kappa shape index (κ1) is 15.5. The highest BCUT2D eigenvalue weighted by molar-refractivity contribution is 5.86. The Morgan fingerprint density at radius 2 is 1.56 bits per heavy atom. The van der Waals surface area contributed by atoms with Crippen LogP contribution in [-0.4, -0.2) is 15.0 Å². The fourth-order valence-corrected chi connectivity index (χ4v) is 3.09. The van der Waals surface area contributed by atoms with Crippen LogP contribution in [0.4, 0.5) is 0 Å². The minimum atomic E-state index is 0.537. The van der Waals surface area contributed by atoms with E-state index in [1.807, 2.05) is 60.7 Å². The summed E-state index contributed by atoms with van der Waals surface area (Å²) in [5, 5.41) is 3.17. The van der Waals surface area contributed by atoms with E-state index >= 15 is 0 Å². The SMILES string of the molecule is c1cncc(-c2nc(Oc3ccc4ccccc4c3)c3ccccc3n2)c1. The Balaban J connectivity index is 1.64. The summed E-state index contributed by atoms with van der Waals surface area (Å²) in [6.45, 7) is 0. The fourth-order valence-electron chi connectivity index (χ4n) is 3.09. The molecule has 0 unspecified atom stereocenters. The summed E-state index contributed by atoms with van der Waals surface area (Å²) in [6, 6.07) is 25.9. The lowest BCUT2D eigenvalue weighted by atomic mass is 10.1. The van der Waals surface area contributed by atoms with Gasteiger partial charge in [-0.05, 0) is 47.2 Å². The molecule has 0 atom stereocenters. The molecular formula is C23H15N3O. The lowest BCUT2D eigenvalue weighted by Gasteiger charge is -2.10. The van der Waals surface area contributed by atoms with Gasteiger partial charge in [0.05, 0.1) is 10.9 Å². The van der Waals surface area contributed by atoms with E-state index in [-0.39, 0.29) is 0 Å². The summed E-state index contributed by atoms with van der Waals surface area (Å²) in [6.07, 6.45) is 3.49. The van der Waals surface area contributed by atoms with Gasteiger partial charge in [-0.1, -0.05) is 42.5 Å². The van der Waals surface area contributed by atoms with Crippen molar-refractivity contribution in [2.45, 2.75) is 0 Å². The third-order valence-electron chi connectivity index (χ3n) is 4.42. The number of ether oxygens (including phenoxy) is 1. The third kappa shape index (κ3) is 2.98. The number of nitrogens with zero attached hydrogens (tertiary/aromatic N) is 3. The van der Waals surface area contributed by atoms with Gasteiger partial charge in [-0.2, -0.15) is 4.98 Å². The Hall–Kier alpha value is -3.79. The van der Waals surface area contributed by atoms with Gasteiger partial charge in [0.1, 0.15) is 5.75 Å². The maximum Gasteiger partial charge on any atom is 0.230 e. The summed E-state index contributed by atoms with van der Waals surface area (Å²) < 4.78 is 6.19. The van der Waals surface area contributed by atoms with Crippen LogP contribution in [0.15, 0.2) is 91.3 Å². The number of benzene rings is 3. The number of hydrogen-bond acceptors (Lipinski definition) is 4. The zero-order valence-electron chi connectivity index (χ0n) is 14.4. The molecule has 0 saturated heterocycles. The van der Waals surface area contributed by atoms with Gasteiger partial charge in [-0.3, -0.25) is 4.98 Å². The van der Waals surface area contributed by atoms with Crippen molar-refractivity contribution in [3.63, 3.8) is 0 Å². The van der Waals surface area contributed by atoms with Crippen LogP contribution in [0.1, 0.15) is 0 Å². The summed E-state index contributed by atoms with van der Waals surface area (Å²) in [5.41, 5.74) is 1.69. The molecule has 0 saturated carbocycles. The summed E-state index contributed by atoms with van der Waals surface area (Å²) >= 11 is 0. The van der Waals surface area contributed by atoms with Gasteiger partial charge >= 0.3 is 0 Å². The Kier molecular flexibility index (Phi) is 3.72. The molecule has 2 heterocycles. The number of rotatable bonds is 3. The predicted molar refractivity (Wildman–Crippen MR) is 107 cm³/mol. The molecule has 4 heteroatoms. The molecule has 0 aliphatic rings. The Labute approximate surface area is 156 Å². The first-order valence-electron chi connectivity index (χ1n) is 8.71. The molecule has 128 valence electrons. The zero-order chi connectivity index (χ0) is 18.1. The summed E-state index contributed by atoms with van der Waals surface area (Å²) in [7, 11) is 0. The molecule has 3 aromatic carbocycles. The van der Waals surface area contributed by atoms with Crippen LogP contribution in [0.25, 0.3) is 33.1 Å². The van der Waals surface area contributed by atoms with E-state index in [2.05, 4.69) is 33.2 Å². The minimum Gasteiger partial charge on any atom is -0.438 e. The Morgan fingerprint density at radius 3 is 2.44 bits per heavy atom. The van der Waals surface area contributed by atoms with Crippen LogP contribution in [0.3, 0.4) is 0 Å². The second kappa shape index (κ2) is 6.50. The number of para-hydroxylation sites is 1. The van der Waals surface area contributed by atoms with E-state index in [0.717, 1.165) is 27.6 Å². The van der Waals surface area contributed by atoms with E-state index in [9.17, 15) is 0 Å². The molecular weight excluding hydrogens is 334 g/mol. The van der Waals surface area contributed by atoms with E-state index in [1.54, 1.807) is 12.4 Å². The quantitative estimate of drug-likeness (QED) is 0.423. The highest BCUT2D eigenvalue weighted by atomic mass is 16.5. The standard InChI is InChI=1S/C23H15N3O/c1-2-7-17-14-19(12-11-16(17)6-1)27-23-20-9-3-4-10-21(20)25-22(26-23)18-8-5-13-24-15-18/h1-15H. The van der Waals surface area contributed by atoms with Crippen LogP contribution < -0.4 is 4.74 Å². The van der Waals surface area contributed by atoms with Crippen molar-refractivity contribution in [1.29, 1.82) is 0 Å².